The van der Waals surface area contributed by atoms with Crippen LogP contribution in [0, 0.1) is 6.92 Å². The van der Waals surface area contributed by atoms with E-state index in [1.54, 1.807) is 0 Å². The van der Waals surface area contributed by atoms with Crippen LogP contribution in [0.2, 0.25) is 0 Å². The van der Waals surface area contributed by atoms with E-state index in [9.17, 15) is 4.79 Å². The molecular weight excluding hydrogens is 262 g/mol. The molecule has 1 aliphatic heterocycles. The van der Waals surface area contributed by atoms with E-state index >= 15 is 0 Å². The molecule has 2 rings (SSSR count). The van der Waals surface area contributed by atoms with E-state index in [0.29, 0.717) is 6.54 Å². The van der Waals surface area contributed by atoms with E-state index < -0.39 is 0 Å². The van der Waals surface area contributed by atoms with E-state index in [-0.39, 0.29) is 5.91 Å². The van der Waals surface area contributed by atoms with Crippen molar-refractivity contribution in [1.82, 2.24) is 10.2 Å². The van der Waals surface area contributed by atoms with Gasteiger partial charge in [-0.25, -0.2) is 0 Å². The summed E-state index contributed by atoms with van der Waals surface area (Å²) in [5.74, 6) is 0.160. The molecule has 0 spiro atoms. The van der Waals surface area contributed by atoms with Gasteiger partial charge in [0.15, 0.2) is 0 Å². The molecule has 1 aromatic rings. The fraction of sp³-hybridized carbons (Fsp3) is 0.588. The molecule has 0 atom stereocenters. The Morgan fingerprint density at radius 2 is 2.00 bits per heavy atom. The van der Waals surface area contributed by atoms with E-state index in [1.807, 2.05) is 0 Å². The molecule has 4 nitrogen and oxygen atoms in total. The molecule has 0 aromatic heterocycles. The molecule has 21 heavy (non-hydrogen) atoms. The van der Waals surface area contributed by atoms with Crippen molar-refractivity contribution in [3.05, 3.63) is 29.8 Å². The van der Waals surface area contributed by atoms with Crippen LogP contribution in [0.1, 0.15) is 25.3 Å². The van der Waals surface area contributed by atoms with Gasteiger partial charge < -0.3 is 10.2 Å². The number of carbonyl (C=O) groups excluding carboxylic acids is 1. The number of unbranched alkanes of at least 4 members (excludes halogenated alkanes) is 1. The first-order chi connectivity index (χ1) is 10.2. The standard InChI is InChI=1S/C17H27N3O/c1-3-4-8-18-17(21)14-19-9-11-20(12-10-19)16-7-5-6-15(2)13-16/h5-7,13H,3-4,8-12,14H2,1-2H3,(H,18,21). The number of nitrogens with zero attached hydrogens (tertiary/aromatic N) is 2. The highest BCUT2D eigenvalue weighted by Gasteiger charge is 2.18. The van der Waals surface area contributed by atoms with Crippen molar-refractivity contribution in [1.29, 1.82) is 0 Å². The van der Waals surface area contributed by atoms with Crippen LogP contribution in [0.25, 0.3) is 0 Å². The predicted octanol–water partition coefficient (Wildman–Crippen LogP) is 2.03. The average molecular weight is 289 g/mol. The topological polar surface area (TPSA) is 35.6 Å². The smallest absolute Gasteiger partial charge is 0.234 e. The number of nitrogens with one attached hydrogen (secondary N) is 1. The van der Waals surface area contributed by atoms with E-state index in [2.05, 4.69) is 53.2 Å². The van der Waals surface area contributed by atoms with Crippen molar-refractivity contribution >= 4 is 11.6 Å². The Morgan fingerprint density at radius 1 is 1.24 bits per heavy atom. The van der Waals surface area contributed by atoms with Gasteiger partial charge in [-0.05, 0) is 31.0 Å². The van der Waals surface area contributed by atoms with Crippen LogP contribution < -0.4 is 10.2 Å². The lowest BCUT2D eigenvalue weighted by Crippen LogP contribution is -2.49. The Morgan fingerprint density at radius 3 is 2.67 bits per heavy atom. The number of hydrogen-bond donors (Lipinski definition) is 1. The fourth-order valence-electron chi connectivity index (χ4n) is 2.65. The van der Waals surface area contributed by atoms with Gasteiger partial charge in [0.1, 0.15) is 0 Å². The maximum atomic E-state index is 11.8. The highest BCUT2D eigenvalue weighted by atomic mass is 16.2. The monoisotopic (exact) mass is 289 g/mol. The summed E-state index contributed by atoms with van der Waals surface area (Å²) in [6, 6.07) is 8.63. The van der Waals surface area contributed by atoms with Crippen molar-refractivity contribution < 1.29 is 4.79 Å². The van der Waals surface area contributed by atoms with Crippen molar-refractivity contribution in [2.24, 2.45) is 0 Å². The molecular formula is C17H27N3O. The molecule has 1 fully saturated rings. The Hall–Kier alpha value is -1.55. The van der Waals surface area contributed by atoms with Gasteiger partial charge in [0, 0.05) is 38.4 Å². The van der Waals surface area contributed by atoms with Crippen LogP contribution in [0.5, 0.6) is 0 Å². The fourth-order valence-corrected chi connectivity index (χ4v) is 2.65. The molecule has 1 heterocycles. The number of amides is 1. The normalized spacial score (nSPS) is 16.0. The van der Waals surface area contributed by atoms with E-state index in [0.717, 1.165) is 45.6 Å². The van der Waals surface area contributed by atoms with E-state index in [1.165, 1.54) is 11.3 Å². The summed E-state index contributed by atoms with van der Waals surface area (Å²) in [7, 11) is 0. The maximum absolute atomic E-state index is 11.8. The summed E-state index contributed by atoms with van der Waals surface area (Å²) >= 11 is 0. The SMILES string of the molecule is CCCCNC(=O)CN1CCN(c2cccc(C)c2)CC1. The molecule has 1 amide bonds. The molecule has 1 saturated heterocycles. The van der Waals surface area contributed by atoms with E-state index in [4.69, 9.17) is 0 Å². The lowest BCUT2D eigenvalue weighted by molar-refractivity contribution is -0.122. The molecule has 4 heteroatoms. The van der Waals surface area contributed by atoms with Crippen molar-refractivity contribution in [3.8, 4) is 0 Å². The van der Waals surface area contributed by atoms with Crippen LogP contribution in [-0.4, -0.2) is 50.1 Å². The van der Waals surface area contributed by atoms with Crippen LogP contribution in [0.3, 0.4) is 0 Å². The van der Waals surface area contributed by atoms with Crippen molar-refractivity contribution in [2.45, 2.75) is 26.7 Å². The van der Waals surface area contributed by atoms with Crippen molar-refractivity contribution in [3.63, 3.8) is 0 Å². The minimum atomic E-state index is 0.160. The summed E-state index contributed by atoms with van der Waals surface area (Å²) < 4.78 is 0. The number of aryl methyl sites for hydroxylation is 1. The first kappa shape index (κ1) is 15.8. The van der Waals surface area contributed by atoms with Crippen LogP contribution in [0.15, 0.2) is 24.3 Å². The second kappa shape index (κ2) is 8.03. The second-order valence-electron chi connectivity index (χ2n) is 5.81. The first-order valence-electron chi connectivity index (χ1n) is 7.99. The zero-order valence-electron chi connectivity index (χ0n) is 13.3. The number of hydrogen-bond acceptors (Lipinski definition) is 3. The molecule has 116 valence electrons. The average Bonchev–Trinajstić information content (AvgIpc) is 2.48. The Labute approximate surface area is 128 Å². The molecule has 0 aliphatic carbocycles. The van der Waals surface area contributed by atoms with Crippen LogP contribution >= 0.6 is 0 Å². The van der Waals surface area contributed by atoms with Crippen LogP contribution in [-0.2, 0) is 4.79 Å². The highest BCUT2D eigenvalue weighted by Crippen LogP contribution is 2.17. The number of anilines is 1. The molecule has 0 radical (unpaired) electrons. The quantitative estimate of drug-likeness (QED) is 0.814. The zero-order valence-corrected chi connectivity index (χ0v) is 13.3. The summed E-state index contributed by atoms with van der Waals surface area (Å²) in [6.07, 6.45) is 2.18. The minimum absolute atomic E-state index is 0.160. The predicted molar refractivity (Wildman–Crippen MR) is 87.7 cm³/mol. The van der Waals surface area contributed by atoms with Gasteiger partial charge in [0.2, 0.25) is 5.91 Å². The summed E-state index contributed by atoms with van der Waals surface area (Å²) in [5, 5.41) is 2.99. The second-order valence-corrected chi connectivity index (χ2v) is 5.81. The number of carbonyl (C=O) groups is 1. The summed E-state index contributed by atoms with van der Waals surface area (Å²) in [5.41, 5.74) is 2.59. The molecule has 1 N–H and O–H groups in total. The molecule has 1 aromatic carbocycles. The van der Waals surface area contributed by atoms with Gasteiger partial charge in [-0.3, -0.25) is 9.69 Å². The summed E-state index contributed by atoms with van der Waals surface area (Å²) in [4.78, 5) is 16.5. The van der Waals surface area contributed by atoms with Crippen LogP contribution in [0.4, 0.5) is 5.69 Å². The van der Waals surface area contributed by atoms with Gasteiger partial charge in [0.05, 0.1) is 6.54 Å². The Bertz CT molecular complexity index is 453. The third-order valence-corrected chi connectivity index (χ3v) is 3.96. The van der Waals surface area contributed by atoms with Gasteiger partial charge in [0.25, 0.3) is 0 Å². The zero-order chi connectivity index (χ0) is 15.1. The highest BCUT2D eigenvalue weighted by molar-refractivity contribution is 5.78. The first-order valence-corrected chi connectivity index (χ1v) is 7.99. The lowest BCUT2D eigenvalue weighted by atomic mass is 10.2. The Kier molecular flexibility index (Phi) is 6.05. The third kappa shape index (κ3) is 5.05. The van der Waals surface area contributed by atoms with Gasteiger partial charge in [-0.1, -0.05) is 25.5 Å². The number of benzene rings is 1. The lowest BCUT2D eigenvalue weighted by Gasteiger charge is -2.35. The number of rotatable bonds is 6. The largest absolute Gasteiger partial charge is 0.369 e. The van der Waals surface area contributed by atoms with Crippen molar-refractivity contribution in [2.75, 3.05) is 44.2 Å². The Balaban J connectivity index is 1.74. The third-order valence-electron chi connectivity index (χ3n) is 3.96. The number of piperazine rings is 1. The van der Waals surface area contributed by atoms with Gasteiger partial charge >= 0.3 is 0 Å². The van der Waals surface area contributed by atoms with Gasteiger partial charge in [-0.2, -0.15) is 0 Å². The maximum Gasteiger partial charge on any atom is 0.234 e. The summed E-state index contributed by atoms with van der Waals surface area (Å²) in [6.45, 7) is 9.49. The molecule has 0 saturated carbocycles. The molecule has 0 unspecified atom stereocenters. The van der Waals surface area contributed by atoms with Gasteiger partial charge in [-0.15, -0.1) is 0 Å². The minimum Gasteiger partial charge on any atom is -0.369 e. The molecule has 0 bridgehead atoms. The molecule has 1 aliphatic rings.